The second-order valence-corrected chi connectivity index (χ2v) is 9.47. The number of rotatable bonds is 12. The summed E-state index contributed by atoms with van der Waals surface area (Å²) in [5.41, 5.74) is 4.31. The summed E-state index contributed by atoms with van der Waals surface area (Å²) in [5.74, 6) is 2.31. The van der Waals surface area contributed by atoms with Crippen molar-refractivity contribution < 1.29 is 9.84 Å². The summed E-state index contributed by atoms with van der Waals surface area (Å²) in [6, 6.07) is 18.5. The van der Waals surface area contributed by atoms with Crippen LogP contribution in [0.2, 0.25) is 0 Å². The van der Waals surface area contributed by atoms with Crippen LogP contribution in [0.4, 0.5) is 0 Å². The minimum atomic E-state index is -0.304. The van der Waals surface area contributed by atoms with Crippen LogP contribution in [0, 0.1) is 12.8 Å². The second kappa shape index (κ2) is 11.0. The summed E-state index contributed by atoms with van der Waals surface area (Å²) < 4.78 is 8.25. The molecule has 1 aliphatic carbocycles. The molecule has 33 heavy (non-hydrogen) atoms. The molecule has 1 aromatic heterocycles. The lowest BCUT2D eigenvalue weighted by molar-refractivity contribution is 0.0966. The number of benzene rings is 2. The number of ether oxygens (including phenoxy) is 1. The predicted molar refractivity (Wildman–Crippen MR) is 133 cm³/mol. The maximum atomic E-state index is 10.7. The maximum absolute atomic E-state index is 10.7. The smallest absolute Gasteiger partial charge is 0.222 e. The number of hydrogen-bond donors (Lipinski definition) is 1. The van der Waals surface area contributed by atoms with E-state index in [9.17, 15) is 5.11 Å². The Kier molecular flexibility index (Phi) is 7.84. The Hall–Kier alpha value is -2.63. The SMILES string of the molecule is CCCC[C@H](O)CN(Cc1c(-c2ccccc2)nn(C)c1Oc1ccc(C)cc1)CC1CC1. The van der Waals surface area contributed by atoms with Crippen LogP contribution < -0.4 is 4.74 Å². The first kappa shape index (κ1) is 23.5. The van der Waals surface area contributed by atoms with Crippen LogP contribution in [-0.4, -0.2) is 39.0 Å². The number of aliphatic hydroxyl groups excluding tert-OH is 1. The molecule has 0 bridgehead atoms. The van der Waals surface area contributed by atoms with Gasteiger partial charge < -0.3 is 9.84 Å². The second-order valence-electron chi connectivity index (χ2n) is 9.47. The molecule has 0 saturated heterocycles. The van der Waals surface area contributed by atoms with Crippen molar-refractivity contribution in [3.63, 3.8) is 0 Å². The van der Waals surface area contributed by atoms with Gasteiger partial charge in [-0.15, -0.1) is 0 Å². The van der Waals surface area contributed by atoms with Crippen molar-refractivity contribution in [2.45, 2.75) is 58.6 Å². The minimum Gasteiger partial charge on any atom is -0.439 e. The Labute approximate surface area is 198 Å². The van der Waals surface area contributed by atoms with Crippen molar-refractivity contribution in [1.82, 2.24) is 14.7 Å². The van der Waals surface area contributed by atoms with Gasteiger partial charge in [-0.05, 0) is 44.2 Å². The van der Waals surface area contributed by atoms with E-state index in [1.54, 1.807) is 0 Å². The molecule has 176 valence electrons. The first-order chi connectivity index (χ1) is 16.0. The molecule has 4 rings (SSSR count). The van der Waals surface area contributed by atoms with E-state index in [4.69, 9.17) is 9.84 Å². The van der Waals surface area contributed by atoms with E-state index in [-0.39, 0.29) is 6.10 Å². The predicted octanol–water partition coefficient (Wildman–Crippen LogP) is 5.95. The Balaban J connectivity index is 1.65. The van der Waals surface area contributed by atoms with Crippen LogP contribution in [0.25, 0.3) is 11.3 Å². The van der Waals surface area contributed by atoms with Crippen LogP contribution in [0.1, 0.15) is 50.2 Å². The fraction of sp³-hybridized carbons (Fsp3) is 0.464. The molecule has 0 unspecified atom stereocenters. The van der Waals surface area contributed by atoms with Crippen LogP contribution in [0.3, 0.4) is 0 Å². The molecule has 1 fully saturated rings. The Bertz CT molecular complexity index is 1010. The van der Waals surface area contributed by atoms with Gasteiger partial charge in [0.2, 0.25) is 5.88 Å². The largest absolute Gasteiger partial charge is 0.439 e. The molecule has 1 saturated carbocycles. The average molecular weight is 448 g/mol. The number of unbranched alkanes of at least 4 members (excludes halogenated alkanes) is 1. The van der Waals surface area contributed by atoms with Crippen molar-refractivity contribution >= 4 is 0 Å². The molecule has 0 spiro atoms. The molecular formula is C28H37N3O2. The molecule has 0 amide bonds. The Morgan fingerprint density at radius 2 is 1.85 bits per heavy atom. The molecule has 1 heterocycles. The third kappa shape index (κ3) is 6.46. The van der Waals surface area contributed by atoms with Gasteiger partial charge in [-0.25, -0.2) is 4.68 Å². The third-order valence-corrected chi connectivity index (χ3v) is 6.33. The topological polar surface area (TPSA) is 50.5 Å². The lowest BCUT2D eigenvalue weighted by Crippen LogP contribution is -2.34. The first-order valence-electron chi connectivity index (χ1n) is 12.3. The monoisotopic (exact) mass is 447 g/mol. The molecule has 0 radical (unpaired) electrons. The number of nitrogens with zero attached hydrogens (tertiary/aromatic N) is 3. The molecule has 3 aromatic rings. The minimum absolute atomic E-state index is 0.304. The van der Waals surface area contributed by atoms with Crippen LogP contribution in [0.5, 0.6) is 11.6 Å². The van der Waals surface area contributed by atoms with Crippen molar-refractivity contribution in [2.75, 3.05) is 13.1 Å². The van der Waals surface area contributed by atoms with Gasteiger partial charge in [0, 0.05) is 32.2 Å². The number of aryl methyl sites for hydroxylation is 2. The first-order valence-corrected chi connectivity index (χ1v) is 12.3. The average Bonchev–Trinajstić information content (AvgIpc) is 3.58. The zero-order valence-electron chi connectivity index (χ0n) is 20.2. The highest BCUT2D eigenvalue weighted by Crippen LogP contribution is 2.36. The molecule has 5 nitrogen and oxygen atoms in total. The molecule has 1 atom stereocenters. The van der Waals surface area contributed by atoms with Crippen LogP contribution in [0.15, 0.2) is 54.6 Å². The van der Waals surface area contributed by atoms with Crippen LogP contribution >= 0.6 is 0 Å². The summed E-state index contributed by atoms with van der Waals surface area (Å²) in [7, 11) is 1.95. The molecular weight excluding hydrogens is 410 g/mol. The highest BCUT2D eigenvalue weighted by Gasteiger charge is 2.28. The number of aromatic nitrogens is 2. The Morgan fingerprint density at radius 3 is 2.52 bits per heavy atom. The van der Waals surface area contributed by atoms with E-state index in [2.05, 4.69) is 43.0 Å². The van der Waals surface area contributed by atoms with Crippen molar-refractivity contribution in [1.29, 1.82) is 0 Å². The summed E-state index contributed by atoms with van der Waals surface area (Å²) in [6.07, 6.45) is 5.28. The van der Waals surface area contributed by atoms with E-state index in [0.29, 0.717) is 13.1 Å². The Morgan fingerprint density at radius 1 is 1.12 bits per heavy atom. The van der Waals surface area contributed by atoms with Crippen LogP contribution in [-0.2, 0) is 13.6 Å². The zero-order chi connectivity index (χ0) is 23.2. The fourth-order valence-corrected chi connectivity index (χ4v) is 4.29. The van der Waals surface area contributed by atoms with E-state index >= 15 is 0 Å². The van der Waals surface area contributed by atoms with Gasteiger partial charge in [-0.1, -0.05) is 67.8 Å². The summed E-state index contributed by atoms with van der Waals surface area (Å²) >= 11 is 0. The molecule has 5 heteroatoms. The third-order valence-electron chi connectivity index (χ3n) is 6.33. The zero-order valence-corrected chi connectivity index (χ0v) is 20.2. The highest BCUT2D eigenvalue weighted by molar-refractivity contribution is 5.65. The van der Waals surface area contributed by atoms with E-state index in [1.807, 2.05) is 42.1 Å². The fourth-order valence-electron chi connectivity index (χ4n) is 4.29. The van der Waals surface area contributed by atoms with Gasteiger partial charge >= 0.3 is 0 Å². The normalized spacial score (nSPS) is 14.6. The van der Waals surface area contributed by atoms with Gasteiger partial charge in [0.1, 0.15) is 11.4 Å². The van der Waals surface area contributed by atoms with E-state index in [0.717, 1.165) is 60.2 Å². The molecule has 1 N–H and O–H groups in total. The summed E-state index contributed by atoms with van der Waals surface area (Å²) in [4.78, 5) is 2.41. The van der Waals surface area contributed by atoms with Gasteiger partial charge in [0.25, 0.3) is 0 Å². The molecule has 2 aromatic carbocycles. The van der Waals surface area contributed by atoms with Crippen molar-refractivity contribution in [3.8, 4) is 22.9 Å². The lowest BCUT2D eigenvalue weighted by Gasteiger charge is -2.25. The van der Waals surface area contributed by atoms with Crippen molar-refractivity contribution in [3.05, 3.63) is 65.7 Å². The molecule has 1 aliphatic rings. The quantitative estimate of drug-likeness (QED) is 0.373. The highest BCUT2D eigenvalue weighted by atomic mass is 16.5. The van der Waals surface area contributed by atoms with Gasteiger partial charge in [-0.2, -0.15) is 5.10 Å². The summed E-state index contributed by atoms with van der Waals surface area (Å²) in [5, 5.41) is 15.6. The maximum Gasteiger partial charge on any atom is 0.222 e. The lowest BCUT2D eigenvalue weighted by atomic mass is 10.1. The van der Waals surface area contributed by atoms with E-state index in [1.165, 1.54) is 18.4 Å². The summed E-state index contributed by atoms with van der Waals surface area (Å²) in [6.45, 7) is 6.65. The number of hydrogen-bond acceptors (Lipinski definition) is 4. The standard InChI is InChI=1S/C28H37N3O2/c1-4-5-11-24(32)19-31(18-22-14-15-22)20-26-27(23-9-7-6-8-10-23)29-30(3)28(26)33-25-16-12-21(2)13-17-25/h6-10,12-13,16-17,22,24,32H,4-5,11,14-15,18-20H2,1-3H3/t24-/m0/s1. The van der Waals surface area contributed by atoms with E-state index < -0.39 is 0 Å². The number of aliphatic hydroxyl groups is 1. The van der Waals surface area contributed by atoms with Gasteiger partial charge in [0.15, 0.2) is 0 Å². The van der Waals surface area contributed by atoms with Gasteiger partial charge in [-0.3, -0.25) is 4.90 Å². The molecule has 0 aliphatic heterocycles. The van der Waals surface area contributed by atoms with Gasteiger partial charge in [0.05, 0.1) is 11.7 Å². The van der Waals surface area contributed by atoms with Crippen molar-refractivity contribution in [2.24, 2.45) is 13.0 Å².